The maximum absolute atomic E-state index is 11.6. The third-order valence-corrected chi connectivity index (χ3v) is 5.48. The lowest BCUT2D eigenvalue weighted by Gasteiger charge is -2.37. The number of hydrogen-bond acceptors (Lipinski definition) is 6. The summed E-state index contributed by atoms with van der Waals surface area (Å²) in [5.41, 5.74) is 1.24. The fraction of sp³-hybridized carbons (Fsp3) is 0.222. The van der Waals surface area contributed by atoms with E-state index in [0.29, 0.717) is 12.0 Å². The summed E-state index contributed by atoms with van der Waals surface area (Å²) in [5.74, 6) is -0.478. The Kier molecular flexibility index (Phi) is 4.00. The molecule has 3 atom stereocenters. The normalized spacial score (nSPS) is 22.6. The number of nitrogens with zero attached hydrogens (tertiary/aromatic N) is 2. The smallest absolute Gasteiger partial charge is 0.293 e. The number of non-ortho nitro benzene ring substituents is 1. The fourth-order valence-corrected chi connectivity index (χ4v) is 4.30. The SMILES string of the molecule is O=[N+]([O-])c1ccc([C@@H]2Nc3c(O)cc(Cl)c([N+](=O)[O-])c3[C@@H]3C=CC[C@@H]32)cc1. The molecule has 0 fully saturated rings. The van der Waals surface area contributed by atoms with Crippen LogP contribution in [0.15, 0.2) is 42.5 Å². The van der Waals surface area contributed by atoms with Crippen molar-refractivity contribution in [2.24, 2.45) is 5.92 Å². The van der Waals surface area contributed by atoms with Crippen LogP contribution in [0.2, 0.25) is 5.02 Å². The average Bonchev–Trinajstić information content (AvgIpc) is 3.11. The van der Waals surface area contributed by atoms with Gasteiger partial charge in [0.15, 0.2) is 0 Å². The lowest BCUT2D eigenvalue weighted by molar-refractivity contribution is -0.385. The Bertz CT molecular complexity index is 989. The van der Waals surface area contributed by atoms with Crippen LogP contribution in [-0.4, -0.2) is 15.0 Å². The van der Waals surface area contributed by atoms with Crippen molar-refractivity contribution >= 4 is 28.7 Å². The third-order valence-electron chi connectivity index (χ3n) is 5.19. The van der Waals surface area contributed by atoms with E-state index in [1.54, 1.807) is 12.1 Å². The number of phenolic OH excluding ortho intramolecular Hbond substituents is 1. The molecule has 0 spiro atoms. The summed E-state index contributed by atoms with van der Waals surface area (Å²) in [5, 5.41) is 35.9. The summed E-state index contributed by atoms with van der Waals surface area (Å²) < 4.78 is 0. The number of nitro benzene ring substituents is 2. The quantitative estimate of drug-likeness (QED) is 0.341. The standard InChI is InChI=1S/C18H14ClN3O5/c19-13-8-14(23)17-15(18(13)22(26)27)11-2-1-3-12(11)16(20-17)9-4-6-10(7-5-9)21(24)25/h1-2,4-8,11-12,16,20,23H,3H2/t11-,12+,16+/m1/s1. The monoisotopic (exact) mass is 387 g/mol. The molecule has 4 rings (SSSR count). The number of halogens is 1. The molecule has 1 aliphatic carbocycles. The molecule has 0 saturated carbocycles. The number of fused-ring (bicyclic) bond motifs is 3. The van der Waals surface area contributed by atoms with Crippen LogP contribution in [0.4, 0.5) is 17.1 Å². The zero-order valence-electron chi connectivity index (χ0n) is 13.8. The van der Waals surface area contributed by atoms with Gasteiger partial charge in [0, 0.05) is 24.1 Å². The lowest BCUT2D eigenvalue weighted by Crippen LogP contribution is -2.29. The van der Waals surface area contributed by atoms with Crippen molar-refractivity contribution in [3.8, 4) is 5.75 Å². The summed E-state index contributed by atoms with van der Waals surface area (Å²) in [6.45, 7) is 0. The Morgan fingerprint density at radius 1 is 1.15 bits per heavy atom. The van der Waals surface area contributed by atoms with E-state index in [1.165, 1.54) is 12.1 Å². The van der Waals surface area contributed by atoms with Crippen LogP contribution >= 0.6 is 11.6 Å². The Labute approximate surface area is 158 Å². The number of benzene rings is 2. The Balaban J connectivity index is 1.84. The van der Waals surface area contributed by atoms with Gasteiger partial charge in [0.2, 0.25) is 0 Å². The van der Waals surface area contributed by atoms with Crippen LogP contribution in [-0.2, 0) is 0 Å². The van der Waals surface area contributed by atoms with Crippen LogP contribution in [0.25, 0.3) is 0 Å². The highest BCUT2D eigenvalue weighted by atomic mass is 35.5. The first-order valence-corrected chi connectivity index (χ1v) is 8.63. The molecule has 0 unspecified atom stereocenters. The van der Waals surface area contributed by atoms with Gasteiger partial charge >= 0.3 is 0 Å². The topological polar surface area (TPSA) is 119 Å². The van der Waals surface area contributed by atoms with Gasteiger partial charge in [0.05, 0.1) is 27.1 Å². The van der Waals surface area contributed by atoms with Gasteiger partial charge in [0.25, 0.3) is 11.4 Å². The molecule has 0 saturated heterocycles. The second-order valence-corrected chi connectivity index (χ2v) is 7.00. The molecule has 2 aliphatic rings. The minimum absolute atomic E-state index is 0.0127. The van der Waals surface area contributed by atoms with Gasteiger partial charge in [-0.1, -0.05) is 35.9 Å². The molecule has 27 heavy (non-hydrogen) atoms. The van der Waals surface area contributed by atoms with E-state index in [9.17, 15) is 25.3 Å². The van der Waals surface area contributed by atoms with Crippen molar-refractivity contribution < 1.29 is 15.0 Å². The molecule has 2 aromatic rings. The number of allylic oxidation sites excluding steroid dienone is 2. The minimum Gasteiger partial charge on any atom is -0.506 e. The van der Waals surface area contributed by atoms with Crippen molar-refractivity contribution in [3.05, 3.63) is 78.9 Å². The number of nitro groups is 2. The molecule has 9 heteroatoms. The molecule has 138 valence electrons. The van der Waals surface area contributed by atoms with Gasteiger partial charge in [-0.25, -0.2) is 0 Å². The molecule has 0 aromatic heterocycles. The fourth-order valence-electron chi connectivity index (χ4n) is 4.03. The number of rotatable bonds is 3. The molecule has 1 aliphatic heterocycles. The first-order valence-electron chi connectivity index (χ1n) is 8.25. The number of phenols is 1. The van der Waals surface area contributed by atoms with Crippen molar-refractivity contribution in [3.63, 3.8) is 0 Å². The summed E-state index contributed by atoms with van der Waals surface area (Å²) in [6, 6.07) is 7.08. The minimum atomic E-state index is -0.530. The molecular formula is C18H14ClN3O5. The maximum atomic E-state index is 11.6. The third kappa shape index (κ3) is 2.69. The van der Waals surface area contributed by atoms with Gasteiger partial charge < -0.3 is 10.4 Å². The predicted molar refractivity (Wildman–Crippen MR) is 99.2 cm³/mol. The molecule has 0 bridgehead atoms. The van der Waals surface area contributed by atoms with Gasteiger partial charge in [-0.3, -0.25) is 20.2 Å². The van der Waals surface area contributed by atoms with Crippen molar-refractivity contribution in [2.75, 3.05) is 5.32 Å². The molecule has 8 nitrogen and oxygen atoms in total. The van der Waals surface area contributed by atoms with E-state index in [1.807, 2.05) is 12.2 Å². The van der Waals surface area contributed by atoms with Crippen molar-refractivity contribution in [2.45, 2.75) is 18.4 Å². The van der Waals surface area contributed by atoms with E-state index in [4.69, 9.17) is 11.6 Å². The van der Waals surface area contributed by atoms with Crippen LogP contribution in [0.3, 0.4) is 0 Å². The Hall–Kier alpha value is -3.13. The summed E-state index contributed by atoms with van der Waals surface area (Å²) in [6.07, 6.45) is 4.53. The number of nitrogens with one attached hydrogen (secondary N) is 1. The first kappa shape index (κ1) is 17.3. The number of anilines is 1. The van der Waals surface area contributed by atoms with Crippen LogP contribution in [0.5, 0.6) is 5.75 Å². The van der Waals surface area contributed by atoms with E-state index >= 15 is 0 Å². The second-order valence-electron chi connectivity index (χ2n) is 6.60. The van der Waals surface area contributed by atoms with Crippen LogP contribution in [0, 0.1) is 26.1 Å². The first-order chi connectivity index (χ1) is 12.9. The second kappa shape index (κ2) is 6.24. The van der Waals surface area contributed by atoms with Crippen molar-refractivity contribution in [1.82, 2.24) is 0 Å². The maximum Gasteiger partial charge on any atom is 0.293 e. The van der Waals surface area contributed by atoms with E-state index in [-0.39, 0.29) is 45.7 Å². The summed E-state index contributed by atoms with van der Waals surface area (Å²) in [4.78, 5) is 21.5. The lowest BCUT2D eigenvalue weighted by atomic mass is 9.76. The van der Waals surface area contributed by atoms with Gasteiger partial charge in [-0.05, 0) is 17.9 Å². The molecule has 0 radical (unpaired) electrons. The van der Waals surface area contributed by atoms with Crippen molar-refractivity contribution in [1.29, 1.82) is 0 Å². The molecule has 0 amide bonds. The summed E-state index contributed by atoms with van der Waals surface area (Å²) in [7, 11) is 0. The number of hydrogen-bond donors (Lipinski definition) is 2. The van der Waals surface area contributed by atoms with E-state index in [2.05, 4.69) is 5.32 Å². The molecule has 2 N–H and O–H groups in total. The number of aromatic hydroxyl groups is 1. The molecular weight excluding hydrogens is 374 g/mol. The highest BCUT2D eigenvalue weighted by Crippen LogP contribution is 2.56. The highest BCUT2D eigenvalue weighted by molar-refractivity contribution is 6.33. The van der Waals surface area contributed by atoms with Crippen LogP contribution in [0.1, 0.15) is 29.5 Å². The van der Waals surface area contributed by atoms with Crippen LogP contribution < -0.4 is 5.32 Å². The average molecular weight is 388 g/mol. The molecule has 2 aromatic carbocycles. The van der Waals surface area contributed by atoms with Gasteiger partial charge in [-0.2, -0.15) is 0 Å². The van der Waals surface area contributed by atoms with E-state index < -0.39 is 9.85 Å². The Morgan fingerprint density at radius 2 is 1.85 bits per heavy atom. The Morgan fingerprint density at radius 3 is 2.48 bits per heavy atom. The van der Waals surface area contributed by atoms with Gasteiger partial charge in [-0.15, -0.1) is 0 Å². The summed E-state index contributed by atoms with van der Waals surface area (Å²) >= 11 is 6.03. The molecule has 1 heterocycles. The zero-order valence-corrected chi connectivity index (χ0v) is 14.6. The predicted octanol–water partition coefficient (Wildman–Crippen LogP) is 4.69. The largest absolute Gasteiger partial charge is 0.506 e. The van der Waals surface area contributed by atoms with Gasteiger partial charge in [0.1, 0.15) is 10.8 Å². The van der Waals surface area contributed by atoms with E-state index in [0.717, 1.165) is 11.6 Å². The highest BCUT2D eigenvalue weighted by Gasteiger charge is 2.43. The zero-order chi connectivity index (χ0) is 19.3.